The first-order chi connectivity index (χ1) is 17.1. The summed E-state index contributed by atoms with van der Waals surface area (Å²) < 4.78 is 36.9. The minimum Gasteiger partial charge on any atom is -0.390 e. The van der Waals surface area contributed by atoms with E-state index in [1.807, 2.05) is 27.7 Å². The summed E-state index contributed by atoms with van der Waals surface area (Å²) >= 11 is 0. The van der Waals surface area contributed by atoms with Crippen molar-refractivity contribution in [3.05, 3.63) is 42.0 Å². The Morgan fingerprint density at radius 3 is 2.56 bits per heavy atom. The van der Waals surface area contributed by atoms with Gasteiger partial charge in [-0.3, -0.25) is 0 Å². The molecule has 3 aromatic rings. The van der Waals surface area contributed by atoms with E-state index in [2.05, 4.69) is 19.7 Å². The van der Waals surface area contributed by atoms with Gasteiger partial charge in [-0.25, -0.2) is 28.0 Å². The van der Waals surface area contributed by atoms with Crippen LogP contribution >= 0.6 is 0 Å². The van der Waals surface area contributed by atoms with Crippen LogP contribution in [0.3, 0.4) is 0 Å². The summed E-state index contributed by atoms with van der Waals surface area (Å²) in [5.74, 6) is 0.319. The molecule has 5 rings (SSSR count). The van der Waals surface area contributed by atoms with Gasteiger partial charge in [-0.2, -0.15) is 5.10 Å². The molecule has 3 atom stereocenters. The molecule has 2 aromatic heterocycles. The predicted molar refractivity (Wildman–Crippen MR) is 137 cm³/mol. The molecule has 36 heavy (non-hydrogen) atoms. The Bertz CT molecular complexity index is 1270. The second kappa shape index (κ2) is 9.44. The molecule has 2 aliphatic rings. The monoisotopic (exact) mass is 516 g/mol. The minimum atomic E-state index is -1.19. The lowest BCUT2D eigenvalue weighted by Gasteiger charge is -2.43. The van der Waals surface area contributed by atoms with Gasteiger partial charge in [-0.1, -0.05) is 0 Å². The van der Waals surface area contributed by atoms with Gasteiger partial charge in [0.25, 0.3) is 0 Å². The van der Waals surface area contributed by atoms with Crippen molar-refractivity contribution in [3.8, 4) is 5.69 Å². The predicted octanol–water partition coefficient (Wildman–Crippen LogP) is 2.87. The summed E-state index contributed by atoms with van der Waals surface area (Å²) in [4.78, 5) is 11.7. The van der Waals surface area contributed by atoms with E-state index in [0.717, 1.165) is 25.9 Å². The van der Waals surface area contributed by atoms with Crippen LogP contribution in [-0.4, -0.2) is 65.7 Å². The fourth-order valence-corrected chi connectivity index (χ4v) is 6.14. The number of nitrogens with one attached hydrogen (secondary N) is 1. The smallest absolute Gasteiger partial charge is 0.182 e. The number of aliphatic hydroxyl groups is 1. The van der Waals surface area contributed by atoms with Crippen molar-refractivity contribution in [1.29, 1.82) is 0 Å². The summed E-state index contributed by atoms with van der Waals surface area (Å²) in [6.45, 7) is 9.75. The van der Waals surface area contributed by atoms with E-state index in [0.29, 0.717) is 35.0 Å². The van der Waals surface area contributed by atoms with Gasteiger partial charge in [0.15, 0.2) is 11.5 Å². The lowest BCUT2D eigenvalue weighted by molar-refractivity contribution is 0.0973. The van der Waals surface area contributed by atoms with Crippen LogP contribution in [0.2, 0.25) is 0 Å². The van der Waals surface area contributed by atoms with E-state index in [-0.39, 0.29) is 34.7 Å². The van der Waals surface area contributed by atoms with Crippen molar-refractivity contribution >= 4 is 28.0 Å². The highest BCUT2D eigenvalue weighted by Crippen LogP contribution is 2.43. The lowest BCUT2D eigenvalue weighted by atomic mass is 9.73. The van der Waals surface area contributed by atoms with Crippen LogP contribution in [0.25, 0.3) is 16.9 Å². The summed E-state index contributed by atoms with van der Waals surface area (Å²) in [7, 11) is -1.19. The van der Waals surface area contributed by atoms with E-state index in [4.69, 9.17) is 9.72 Å². The first-order valence-electron chi connectivity index (χ1n) is 12.3. The van der Waals surface area contributed by atoms with Crippen LogP contribution in [0.15, 0.2) is 30.5 Å². The number of hydrogen-bond acceptors (Lipinski definition) is 7. The standard InChI is InChI=1S/C25H33FN6O3S/c1-16-21(30-36(34)24(2,3)4)25(15-35-16)9-11-31(12-10-25)22-20(14-33)29-23-19(28-22)13-27-32(23)18-7-5-17(26)6-8-18/h5-8,13,16,21,30,33H,9-12,14-15H2,1-4H3/t16-,21+,36?/m0/s1. The molecule has 1 spiro atoms. The first kappa shape index (κ1) is 25.2. The fraction of sp³-hybridized carbons (Fsp3) is 0.560. The SMILES string of the molecule is C[C@@H]1OCC2(CCN(c3nc4cnn(-c5ccc(F)cc5)c4nc3CO)CC2)[C@@H]1NS(=O)C(C)(C)C. The number of nitrogens with zero attached hydrogens (tertiary/aromatic N) is 5. The maximum atomic E-state index is 13.4. The normalized spacial score (nSPS) is 23.0. The van der Waals surface area contributed by atoms with Gasteiger partial charge in [0.1, 0.15) is 17.0 Å². The molecule has 0 radical (unpaired) electrons. The number of rotatable bonds is 5. The van der Waals surface area contributed by atoms with Gasteiger partial charge in [-0.15, -0.1) is 0 Å². The number of anilines is 1. The quantitative estimate of drug-likeness (QED) is 0.537. The van der Waals surface area contributed by atoms with Gasteiger partial charge in [0.05, 0.1) is 53.0 Å². The molecule has 0 saturated carbocycles. The van der Waals surface area contributed by atoms with E-state index >= 15 is 0 Å². The van der Waals surface area contributed by atoms with Gasteiger partial charge in [0.2, 0.25) is 0 Å². The molecule has 1 unspecified atom stereocenters. The lowest BCUT2D eigenvalue weighted by Crippen LogP contribution is -2.55. The Labute approximate surface area is 212 Å². The average Bonchev–Trinajstić information content (AvgIpc) is 3.40. The molecular formula is C25H33FN6O3S. The van der Waals surface area contributed by atoms with Gasteiger partial charge in [0, 0.05) is 18.5 Å². The Kier molecular flexibility index (Phi) is 6.61. The number of fused-ring (bicyclic) bond motifs is 1. The topological polar surface area (TPSA) is 105 Å². The van der Waals surface area contributed by atoms with Crippen molar-refractivity contribution in [1.82, 2.24) is 24.5 Å². The maximum absolute atomic E-state index is 13.4. The summed E-state index contributed by atoms with van der Waals surface area (Å²) in [5, 5.41) is 14.5. The van der Waals surface area contributed by atoms with Gasteiger partial charge >= 0.3 is 0 Å². The molecule has 2 saturated heterocycles. The van der Waals surface area contributed by atoms with E-state index in [1.54, 1.807) is 23.0 Å². The number of aromatic nitrogens is 4. The Morgan fingerprint density at radius 1 is 1.22 bits per heavy atom. The van der Waals surface area contributed by atoms with Crippen molar-refractivity contribution < 1.29 is 18.4 Å². The zero-order valence-electron chi connectivity index (χ0n) is 21.1. The third-order valence-electron chi connectivity index (χ3n) is 7.28. The molecule has 4 heterocycles. The van der Waals surface area contributed by atoms with Crippen molar-refractivity contribution in [2.24, 2.45) is 5.41 Å². The third-order valence-corrected chi connectivity index (χ3v) is 8.86. The number of piperidine rings is 1. The molecule has 2 N–H and O–H groups in total. The third kappa shape index (κ3) is 4.53. The van der Waals surface area contributed by atoms with Crippen LogP contribution < -0.4 is 9.62 Å². The van der Waals surface area contributed by atoms with E-state index in [9.17, 15) is 13.7 Å². The number of ether oxygens (including phenoxy) is 1. The summed E-state index contributed by atoms with van der Waals surface area (Å²) in [5.41, 5.74) is 2.14. The average molecular weight is 517 g/mol. The van der Waals surface area contributed by atoms with Crippen molar-refractivity contribution in [2.75, 3.05) is 24.6 Å². The molecular weight excluding hydrogens is 483 g/mol. The van der Waals surface area contributed by atoms with Crippen molar-refractivity contribution in [2.45, 2.75) is 64.0 Å². The van der Waals surface area contributed by atoms with Crippen LogP contribution in [0.5, 0.6) is 0 Å². The molecule has 2 fully saturated rings. The second-order valence-corrected chi connectivity index (χ2v) is 12.7. The Morgan fingerprint density at radius 2 is 1.92 bits per heavy atom. The van der Waals surface area contributed by atoms with E-state index < -0.39 is 11.0 Å². The van der Waals surface area contributed by atoms with Crippen LogP contribution in [0.1, 0.15) is 46.2 Å². The molecule has 1 aromatic carbocycles. The largest absolute Gasteiger partial charge is 0.390 e. The number of halogens is 1. The Balaban J connectivity index is 1.38. The molecule has 194 valence electrons. The molecule has 11 heteroatoms. The van der Waals surface area contributed by atoms with Crippen LogP contribution in [0, 0.1) is 11.2 Å². The van der Waals surface area contributed by atoms with Crippen LogP contribution in [-0.2, 0) is 22.3 Å². The highest BCUT2D eigenvalue weighted by atomic mass is 32.2. The van der Waals surface area contributed by atoms with Gasteiger partial charge < -0.3 is 14.7 Å². The Hall–Kier alpha value is -2.47. The molecule has 0 aliphatic carbocycles. The van der Waals surface area contributed by atoms with Gasteiger partial charge in [-0.05, 0) is 64.8 Å². The second-order valence-electron chi connectivity index (χ2n) is 10.7. The highest BCUT2D eigenvalue weighted by Gasteiger charge is 2.50. The molecule has 9 nitrogen and oxygen atoms in total. The van der Waals surface area contributed by atoms with Crippen LogP contribution in [0.4, 0.5) is 10.2 Å². The fourth-order valence-electron chi connectivity index (χ4n) is 5.12. The number of hydrogen-bond donors (Lipinski definition) is 2. The van der Waals surface area contributed by atoms with E-state index in [1.165, 1.54) is 12.1 Å². The summed E-state index contributed by atoms with van der Waals surface area (Å²) in [6, 6.07) is 5.99. The number of benzene rings is 1. The maximum Gasteiger partial charge on any atom is 0.182 e. The molecule has 0 amide bonds. The zero-order valence-corrected chi connectivity index (χ0v) is 21.9. The number of aliphatic hydroxyl groups excluding tert-OH is 1. The summed E-state index contributed by atoms with van der Waals surface area (Å²) in [6.07, 6.45) is 3.30. The highest BCUT2D eigenvalue weighted by molar-refractivity contribution is 7.84. The minimum absolute atomic E-state index is 0.000439. The molecule has 2 aliphatic heterocycles. The first-order valence-corrected chi connectivity index (χ1v) is 13.4. The van der Waals surface area contributed by atoms with Crippen molar-refractivity contribution in [3.63, 3.8) is 0 Å². The zero-order chi connectivity index (χ0) is 25.7. The molecule has 0 bridgehead atoms.